The van der Waals surface area contributed by atoms with Gasteiger partial charge in [0, 0.05) is 19.6 Å². The summed E-state index contributed by atoms with van der Waals surface area (Å²) in [6.45, 7) is 3.48. The molecule has 2 fully saturated rings. The lowest BCUT2D eigenvalue weighted by Gasteiger charge is -2.39. The van der Waals surface area contributed by atoms with Crippen molar-refractivity contribution in [2.45, 2.75) is 19.3 Å². The second-order valence-electron chi connectivity index (χ2n) is 5.97. The molecule has 1 spiro atoms. The number of carbonyl (C=O) groups excluding carboxylic acids is 1. The van der Waals surface area contributed by atoms with Gasteiger partial charge in [-0.05, 0) is 43.4 Å². The van der Waals surface area contributed by atoms with Crippen LogP contribution in [-0.4, -0.2) is 37.0 Å². The molecule has 122 valence electrons. The number of nitrogens with zero attached hydrogens (tertiary/aromatic N) is 1. The van der Waals surface area contributed by atoms with E-state index >= 15 is 0 Å². The van der Waals surface area contributed by atoms with Gasteiger partial charge >= 0.3 is 0 Å². The van der Waals surface area contributed by atoms with Crippen molar-refractivity contribution in [2.24, 2.45) is 5.41 Å². The third-order valence-electron chi connectivity index (χ3n) is 4.68. The first-order valence-electron chi connectivity index (χ1n) is 7.15. The summed E-state index contributed by atoms with van der Waals surface area (Å²) in [5, 5.41) is 3.53. The molecule has 3 rings (SSSR count). The summed E-state index contributed by atoms with van der Waals surface area (Å²) in [4.78, 5) is 14.3. The number of hydrogen-bond acceptors (Lipinski definition) is 2. The Hall–Kier alpha value is -0.550. The normalized spacial score (nSPS) is 20.0. The second kappa shape index (κ2) is 6.91. The van der Waals surface area contributed by atoms with E-state index in [0.29, 0.717) is 18.5 Å². The predicted octanol–water partition coefficient (Wildman–Crippen LogP) is 3.77. The van der Waals surface area contributed by atoms with Crippen LogP contribution in [0.4, 0.5) is 4.39 Å². The van der Waals surface area contributed by atoms with Gasteiger partial charge in [-0.1, -0.05) is 23.2 Å². The van der Waals surface area contributed by atoms with Crippen LogP contribution in [0, 0.1) is 11.2 Å². The number of piperidine rings is 1. The summed E-state index contributed by atoms with van der Waals surface area (Å²) < 4.78 is 13.6. The zero-order valence-electron chi connectivity index (χ0n) is 12.0. The summed E-state index contributed by atoms with van der Waals surface area (Å²) in [6.07, 6.45) is 3.14. The molecule has 1 amide bonds. The van der Waals surface area contributed by atoms with Gasteiger partial charge in [-0.2, -0.15) is 0 Å². The maximum absolute atomic E-state index is 13.6. The average molecular weight is 368 g/mol. The number of likely N-dealkylation sites (tertiary alicyclic amines) is 1. The van der Waals surface area contributed by atoms with Crippen LogP contribution in [0.5, 0.6) is 0 Å². The summed E-state index contributed by atoms with van der Waals surface area (Å²) in [5.74, 6) is -0.825. The zero-order valence-corrected chi connectivity index (χ0v) is 14.3. The Labute approximate surface area is 145 Å². The Kier molecular flexibility index (Phi) is 5.59. The van der Waals surface area contributed by atoms with Crippen molar-refractivity contribution in [3.05, 3.63) is 33.6 Å². The number of rotatable bonds is 1. The molecule has 2 aliphatic heterocycles. The number of hydrogen-bond donors (Lipinski definition) is 1. The largest absolute Gasteiger partial charge is 0.339 e. The van der Waals surface area contributed by atoms with E-state index in [2.05, 4.69) is 5.32 Å². The Morgan fingerprint density at radius 1 is 1.18 bits per heavy atom. The van der Waals surface area contributed by atoms with E-state index in [1.807, 2.05) is 0 Å². The van der Waals surface area contributed by atoms with Gasteiger partial charge < -0.3 is 10.2 Å². The van der Waals surface area contributed by atoms with Crippen LogP contribution in [0.2, 0.25) is 10.0 Å². The number of benzene rings is 1. The van der Waals surface area contributed by atoms with Gasteiger partial charge in [-0.3, -0.25) is 4.79 Å². The standard InChI is InChI=1S/C15H17Cl2FN2O.ClH/c16-11-8-12(17)13(18)7-10(11)14(21)20-5-2-15(3-6-20)1-4-19-9-15;/h7-8,19H,1-6,9H2;1H. The third-order valence-corrected chi connectivity index (χ3v) is 5.29. The van der Waals surface area contributed by atoms with Crippen LogP contribution in [0.3, 0.4) is 0 Å². The highest BCUT2D eigenvalue weighted by Crippen LogP contribution is 2.37. The molecule has 0 atom stereocenters. The van der Waals surface area contributed by atoms with Crippen LogP contribution in [0.1, 0.15) is 29.6 Å². The van der Waals surface area contributed by atoms with E-state index in [-0.39, 0.29) is 33.9 Å². The molecule has 1 N–H and O–H groups in total. The van der Waals surface area contributed by atoms with Gasteiger partial charge in [-0.25, -0.2) is 4.39 Å². The quantitative estimate of drug-likeness (QED) is 0.766. The lowest BCUT2D eigenvalue weighted by atomic mass is 9.78. The fraction of sp³-hybridized carbons (Fsp3) is 0.533. The Morgan fingerprint density at radius 3 is 2.45 bits per heavy atom. The Bertz CT molecular complexity index is 566. The fourth-order valence-corrected chi connectivity index (χ4v) is 3.73. The number of amides is 1. The molecule has 7 heteroatoms. The van der Waals surface area contributed by atoms with Crippen LogP contribution >= 0.6 is 35.6 Å². The molecule has 0 unspecified atom stereocenters. The fourth-order valence-electron chi connectivity index (χ4n) is 3.26. The summed E-state index contributed by atoms with van der Waals surface area (Å²) in [6, 6.07) is 2.42. The summed E-state index contributed by atoms with van der Waals surface area (Å²) in [7, 11) is 0. The van der Waals surface area contributed by atoms with Gasteiger partial charge in [-0.15, -0.1) is 12.4 Å². The molecule has 2 heterocycles. The second-order valence-corrected chi connectivity index (χ2v) is 6.78. The molecule has 0 radical (unpaired) electrons. The van der Waals surface area contributed by atoms with E-state index in [0.717, 1.165) is 32.0 Å². The van der Waals surface area contributed by atoms with Gasteiger partial charge in [0.15, 0.2) is 0 Å². The monoisotopic (exact) mass is 366 g/mol. The smallest absolute Gasteiger partial charge is 0.255 e. The minimum atomic E-state index is -0.613. The zero-order chi connectivity index (χ0) is 15.0. The van der Waals surface area contributed by atoms with Crippen molar-refractivity contribution < 1.29 is 9.18 Å². The van der Waals surface area contributed by atoms with Gasteiger partial charge in [0.05, 0.1) is 15.6 Å². The van der Waals surface area contributed by atoms with E-state index in [1.165, 1.54) is 12.5 Å². The summed E-state index contributed by atoms with van der Waals surface area (Å²) in [5.41, 5.74) is 0.533. The lowest BCUT2D eigenvalue weighted by Crippen LogP contribution is -2.44. The lowest BCUT2D eigenvalue weighted by molar-refractivity contribution is 0.0607. The minimum Gasteiger partial charge on any atom is -0.339 e. The minimum absolute atomic E-state index is 0. The average Bonchev–Trinajstić information content (AvgIpc) is 2.91. The van der Waals surface area contributed by atoms with Crippen molar-refractivity contribution in [3.63, 3.8) is 0 Å². The predicted molar refractivity (Wildman–Crippen MR) is 88.7 cm³/mol. The molecule has 3 nitrogen and oxygen atoms in total. The molecule has 2 aliphatic rings. The molecule has 0 aromatic heterocycles. The topological polar surface area (TPSA) is 32.3 Å². The molecule has 0 bridgehead atoms. The molecule has 22 heavy (non-hydrogen) atoms. The van der Waals surface area contributed by atoms with Gasteiger partial charge in [0.25, 0.3) is 5.91 Å². The van der Waals surface area contributed by atoms with Gasteiger partial charge in [0.2, 0.25) is 0 Å². The number of carbonyl (C=O) groups is 1. The first-order valence-corrected chi connectivity index (χ1v) is 7.91. The van der Waals surface area contributed by atoms with Crippen LogP contribution < -0.4 is 5.32 Å². The van der Waals surface area contributed by atoms with Gasteiger partial charge in [0.1, 0.15) is 5.82 Å². The Morgan fingerprint density at radius 2 is 1.86 bits per heavy atom. The van der Waals surface area contributed by atoms with E-state index in [4.69, 9.17) is 23.2 Å². The highest BCUT2D eigenvalue weighted by atomic mass is 35.5. The van der Waals surface area contributed by atoms with E-state index < -0.39 is 5.82 Å². The van der Waals surface area contributed by atoms with E-state index in [1.54, 1.807) is 4.90 Å². The molecule has 0 saturated carbocycles. The first kappa shape index (κ1) is 17.8. The molecule has 0 aliphatic carbocycles. The molecular weight excluding hydrogens is 350 g/mol. The van der Waals surface area contributed by atoms with Crippen molar-refractivity contribution in [1.82, 2.24) is 10.2 Å². The van der Waals surface area contributed by atoms with Crippen molar-refractivity contribution in [2.75, 3.05) is 26.2 Å². The number of halogens is 4. The van der Waals surface area contributed by atoms with Crippen LogP contribution in [-0.2, 0) is 0 Å². The first-order chi connectivity index (χ1) is 10.0. The molecular formula is C15H18Cl3FN2O. The third kappa shape index (κ3) is 3.35. The maximum Gasteiger partial charge on any atom is 0.255 e. The maximum atomic E-state index is 13.6. The number of nitrogens with one attached hydrogen (secondary N) is 1. The molecule has 1 aromatic rings. The van der Waals surface area contributed by atoms with E-state index in [9.17, 15) is 9.18 Å². The van der Waals surface area contributed by atoms with Crippen molar-refractivity contribution in [3.8, 4) is 0 Å². The summed E-state index contributed by atoms with van der Waals surface area (Å²) >= 11 is 11.7. The highest BCUT2D eigenvalue weighted by Gasteiger charge is 2.38. The van der Waals surface area contributed by atoms with Crippen molar-refractivity contribution >= 4 is 41.5 Å². The van der Waals surface area contributed by atoms with Crippen LogP contribution in [0.25, 0.3) is 0 Å². The molecule has 1 aromatic carbocycles. The highest BCUT2D eigenvalue weighted by molar-refractivity contribution is 6.36. The SMILES string of the molecule is Cl.O=C(c1cc(F)c(Cl)cc1Cl)N1CCC2(CCNC2)CC1. The molecule has 2 saturated heterocycles. The Balaban J connectivity index is 0.00000176. The van der Waals surface area contributed by atoms with Crippen LogP contribution in [0.15, 0.2) is 12.1 Å². The van der Waals surface area contributed by atoms with Crippen molar-refractivity contribution in [1.29, 1.82) is 0 Å².